The van der Waals surface area contributed by atoms with E-state index in [4.69, 9.17) is 10.5 Å². The van der Waals surface area contributed by atoms with Crippen LogP contribution in [-0.2, 0) is 20.8 Å². The number of halogens is 1. The zero-order valence-electron chi connectivity index (χ0n) is 22.1. The average Bonchev–Trinajstić information content (AvgIpc) is 3.72. The Morgan fingerprint density at radius 1 is 1.11 bits per heavy atom. The van der Waals surface area contributed by atoms with Crippen LogP contribution in [0.3, 0.4) is 0 Å². The highest BCUT2D eigenvalue weighted by atomic mass is 19.1. The number of nitrogens with zero attached hydrogens (tertiary/aromatic N) is 1. The summed E-state index contributed by atoms with van der Waals surface area (Å²) >= 11 is 0. The smallest absolute Gasteiger partial charge is 0.243 e. The number of carbonyl (C=O) groups excluding carboxylic acids is 3. The minimum atomic E-state index is -0.736. The van der Waals surface area contributed by atoms with Gasteiger partial charge in [0.05, 0.1) is 6.04 Å². The van der Waals surface area contributed by atoms with Crippen LogP contribution >= 0.6 is 0 Å². The first-order valence-electron chi connectivity index (χ1n) is 13.5. The number of nitrogens with two attached hydrogens (primary N) is 1. The maximum atomic E-state index is 13.9. The molecule has 0 radical (unpaired) electrons. The molecule has 37 heavy (non-hydrogen) atoms. The molecule has 0 aromatic heterocycles. The molecule has 9 nitrogen and oxygen atoms in total. The van der Waals surface area contributed by atoms with E-state index in [1.54, 1.807) is 20.0 Å². The molecule has 206 valence electrons. The van der Waals surface area contributed by atoms with Crippen molar-refractivity contribution in [2.24, 2.45) is 11.7 Å². The van der Waals surface area contributed by atoms with Crippen molar-refractivity contribution in [1.82, 2.24) is 20.9 Å². The summed E-state index contributed by atoms with van der Waals surface area (Å²) in [6.07, 6.45) is 6.08. The van der Waals surface area contributed by atoms with Gasteiger partial charge in [0.1, 0.15) is 30.3 Å². The molecule has 5 N–H and O–H groups in total. The monoisotopic (exact) mass is 519 g/mol. The number of carbonyl (C=O) groups is 3. The standard InChI is InChI=1S/C27H42FN5O4/c1-18-25(34)32-22(8-4-3-5-13-29)26(35)31-14-6-7-19-11-12-21(28)17-23(19)37-16-15-30-24(20-9-10-20)27(36)33(18)2/h11-12,17-18,20,22,24,30H,3-10,13-16,29H2,1-2H3,(H,31,35)(H,32,34)/t18-,22-,24+/m1/s1. The fraction of sp³-hybridized carbons (Fsp3) is 0.667. The number of ether oxygens (including phenoxy) is 1. The van der Waals surface area contributed by atoms with Crippen molar-refractivity contribution in [3.8, 4) is 5.75 Å². The van der Waals surface area contributed by atoms with Crippen LogP contribution in [-0.4, -0.2) is 74.0 Å². The number of benzene rings is 1. The maximum absolute atomic E-state index is 13.9. The second-order valence-electron chi connectivity index (χ2n) is 10.1. The third-order valence-electron chi connectivity index (χ3n) is 7.17. The highest BCUT2D eigenvalue weighted by molar-refractivity contribution is 5.93. The summed E-state index contributed by atoms with van der Waals surface area (Å²) in [7, 11) is 1.62. The summed E-state index contributed by atoms with van der Waals surface area (Å²) in [5.74, 6) is -0.471. The number of hydrogen-bond donors (Lipinski definition) is 4. The molecule has 0 bridgehead atoms. The van der Waals surface area contributed by atoms with Crippen LogP contribution in [0, 0.1) is 11.7 Å². The molecule has 3 atom stereocenters. The first-order chi connectivity index (χ1) is 17.8. The van der Waals surface area contributed by atoms with Crippen LogP contribution in [0.5, 0.6) is 5.75 Å². The van der Waals surface area contributed by atoms with Crippen molar-refractivity contribution < 1.29 is 23.5 Å². The summed E-state index contributed by atoms with van der Waals surface area (Å²) in [6, 6.07) is 2.61. The van der Waals surface area contributed by atoms with Crippen molar-refractivity contribution in [3.63, 3.8) is 0 Å². The van der Waals surface area contributed by atoms with Crippen molar-refractivity contribution in [1.29, 1.82) is 0 Å². The summed E-state index contributed by atoms with van der Waals surface area (Å²) in [6.45, 7) is 3.35. The summed E-state index contributed by atoms with van der Waals surface area (Å²) in [5, 5.41) is 9.08. The normalized spacial score (nSPS) is 24.8. The van der Waals surface area contributed by atoms with Crippen LogP contribution in [0.2, 0.25) is 0 Å². The van der Waals surface area contributed by atoms with E-state index in [2.05, 4.69) is 16.0 Å². The number of likely N-dealkylation sites (N-methyl/N-ethyl adjacent to an activating group) is 1. The Hall–Kier alpha value is -2.72. The lowest BCUT2D eigenvalue weighted by Gasteiger charge is -2.30. The van der Waals surface area contributed by atoms with Gasteiger partial charge in [-0.25, -0.2) is 4.39 Å². The minimum Gasteiger partial charge on any atom is -0.492 e. The largest absolute Gasteiger partial charge is 0.492 e. The molecule has 1 aromatic rings. The van der Waals surface area contributed by atoms with Gasteiger partial charge in [-0.15, -0.1) is 0 Å². The first kappa shape index (κ1) is 28.8. The van der Waals surface area contributed by atoms with E-state index in [1.807, 2.05) is 0 Å². The molecular formula is C27H42FN5O4. The summed E-state index contributed by atoms with van der Waals surface area (Å²) < 4.78 is 19.8. The molecule has 2 aliphatic rings. The van der Waals surface area contributed by atoms with E-state index in [9.17, 15) is 18.8 Å². The molecule has 1 fully saturated rings. The van der Waals surface area contributed by atoms with Gasteiger partial charge < -0.3 is 31.3 Å². The highest BCUT2D eigenvalue weighted by Gasteiger charge is 2.39. The molecular weight excluding hydrogens is 477 g/mol. The van der Waals surface area contributed by atoms with Gasteiger partial charge >= 0.3 is 0 Å². The first-order valence-corrected chi connectivity index (χ1v) is 13.5. The Labute approximate surface area is 219 Å². The van der Waals surface area contributed by atoms with E-state index in [1.165, 1.54) is 17.0 Å². The maximum Gasteiger partial charge on any atom is 0.243 e. The van der Waals surface area contributed by atoms with Crippen molar-refractivity contribution in [2.45, 2.75) is 76.4 Å². The topological polar surface area (TPSA) is 126 Å². The number of rotatable bonds is 6. The fourth-order valence-electron chi connectivity index (χ4n) is 4.56. The molecule has 1 aliphatic carbocycles. The Balaban J connectivity index is 1.77. The number of hydrogen-bond acceptors (Lipinski definition) is 6. The average molecular weight is 520 g/mol. The van der Waals surface area contributed by atoms with Gasteiger partial charge in [0.2, 0.25) is 17.7 Å². The molecule has 1 aliphatic heterocycles. The summed E-state index contributed by atoms with van der Waals surface area (Å²) in [4.78, 5) is 40.8. The lowest BCUT2D eigenvalue weighted by Crippen LogP contribution is -2.56. The van der Waals surface area contributed by atoms with Gasteiger partial charge in [-0.05, 0) is 69.5 Å². The summed E-state index contributed by atoms with van der Waals surface area (Å²) in [5.41, 5.74) is 6.44. The predicted octanol–water partition coefficient (Wildman–Crippen LogP) is 1.49. The van der Waals surface area contributed by atoms with Crippen LogP contribution in [0.1, 0.15) is 57.4 Å². The van der Waals surface area contributed by atoms with E-state index in [0.717, 1.165) is 37.7 Å². The van der Waals surface area contributed by atoms with E-state index < -0.39 is 18.1 Å². The van der Waals surface area contributed by atoms with Gasteiger partial charge in [0, 0.05) is 26.2 Å². The molecule has 0 spiro atoms. The zero-order chi connectivity index (χ0) is 26.8. The Morgan fingerprint density at radius 2 is 1.89 bits per heavy atom. The lowest BCUT2D eigenvalue weighted by molar-refractivity contribution is -0.141. The highest BCUT2D eigenvalue weighted by Crippen LogP contribution is 2.33. The van der Waals surface area contributed by atoms with E-state index >= 15 is 0 Å². The molecule has 1 saturated carbocycles. The molecule has 0 unspecified atom stereocenters. The molecule has 0 saturated heterocycles. The Bertz CT molecular complexity index is 926. The number of aryl methyl sites for hydroxylation is 1. The van der Waals surface area contributed by atoms with Crippen LogP contribution in [0.25, 0.3) is 0 Å². The van der Waals surface area contributed by atoms with Crippen LogP contribution in [0.4, 0.5) is 4.39 Å². The molecule has 10 heteroatoms. The van der Waals surface area contributed by atoms with Crippen LogP contribution < -0.4 is 26.4 Å². The third kappa shape index (κ3) is 8.67. The second-order valence-corrected chi connectivity index (χ2v) is 10.1. The van der Waals surface area contributed by atoms with Crippen LogP contribution in [0.15, 0.2) is 18.2 Å². The number of unbranched alkanes of at least 4 members (excludes halogenated alkanes) is 2. The molecule has 3 amide bonds. The van der Waals surface area contributed by atoms with Gasteiger partial charge in [-0.2, -0.15) is 0 Å². The fourth-order valence-corrected chi connectivity index (χ4v) is 4.56. The minimum absolute atomic E-state index is 0.165. The van der Waals surface area contributed by atoms with E-state index in [0.29, 0.717) is 44.6 Å². The van der Waals surface area contributed by atoms with Crippen molar-refractivity contribution in [2.75, 3.05) is 33.3 Å². The zero-order valence-corrected chi connectivity index (χ0v) is 22.1. The molecule has 3 rings (SSSR count). The molecule has 1 heterocycles. The van der Waals surface area contributed by atoms with Gasteiger partial charge in [0.25, 0.3) is 0 Å². The van der Waals surface area contributed by atoms with E-state index in [-0.39, 0.29) is 36.1 Å². The molecule has 1 aromatic carbocycles. The lowest BCUT2D eigenvalue weighted by atomic mass is 10.1. The predicted molar refractivity (Wildman–Crippen MR) is 139 cm³/mol. The van der Waals surface area contributed by atoms with Gasteiger partial charge in [0.15, 0.2) is 0 Å². The second kappa shape index (κ2) is 14.3. The Morgan fingerprint density at radius 3 is 2.62 bits per heavy atom. The van der Waals surface area contributed by atoms with Crippen molar-refractivity contribution >= 4 is 17.7 Å². The number of nitrogens with one attached hydrogen (secondary N) is 3. The van der Waals surface area contributed by atoms with Gasteiger partial charge in [-0.1, -0.05) is 18.9 Å². The Kier molecular flexibility index (Phi) is 11.1. The van der Waals surface area contributed by atoms with Crippen molar-refractivity contribution in [3.05, 3.63) is 29.6 Å². The quantitative estimate of drug-likeness (QED) is 0.422. The number of fused-ring (bicyclic) bond motifs is 1. The third-order valence-corrected chi connectivity index (χ3v) is 7.17. The number of amides is 3. The van der Waals surface area contributed by atoms with Gasteiger partial charge in [-0.3, -0.25) is 14.4 Å². The SMILES string of the molecule is C[C@@H]1C(=O)N[C@H](CCCCCN)C(=O)NCCCc2ccc(F)cc2OCCN[C@@H](C2CC2)C(=O)N1C.